The summed E-state index contributed by atoms with van der Waals surface area (Å²) in [6.07, 6.45) is 2.77. The van der Waals surface area contributed by atoms with Crippen LogP contribution in [0.15, 0.2) is 41.8 Å². The number of alkyl halides is 2. The molecule has 2 aromatic rings. The molecule has 7 nitrogen and oxygen atoms in total. The largest absolute Gasteiger partial charge is 0.433 e. The first kappa shape index (κ1) is 16.3. The van der Waals surface area contributed by atoms with E-state index in [0.29, 0.717) is 0 Å². The van der Waals surface area contributed by atoms with E-state index in [4.69, 9.17) is 0 Å². The second-order valence-corrected chi connectivity index (χ2v) is 6.15. The van der Waals surface area contributed by atoms with Crippen molar-refractivity contribution in [3.8, 4) is 5.75 Å². The quantitative estimate of drug-likeness (QED) is 0.824. The zero-order valence-corrected chi connectivity index (χ0v) is 12.4. The minimum Gasteiger partial charge on any atom is -0.433 e. The Hall–Kier alpha value is -2.07. The Balaban J connectivity index is 2.16. The van der Waals surface area contributed by atoms with Gasteiger partial charge in [0.1, 0.15) is 23.3 Å². The molecule has 1 atom stereocenters. The van der Waals surface area contributed by atoms with Gasteiger partial charge in [-0.15, -0.1) is 0 Å². The van der Waals surface area contributed by atoms with Gasteiger partial charge in [0.15, 0.2) is 0 Å². The van der Waals surface area contributed by atoms with Crippen molar-refractivity contribution in [1.29, 1.82) is 0 Å². The van der Waals surface area contributed by atoms with Gasteiger partial charge in [-0.2, -0.15) is 13.9 Å². The van der Waals surface area contributed by atoms with Crippen LogP contribution in [-0.2, 0) is 16.6 Å². The van der Waals surface area contributed by atoms with Gasteiger partial charge in [0.2, 0.25) is 10.0 Å². The van der Waals surface area contributed by atoms with Gasteiger partial charge >= 0.3 is 6.61 Å². The van der Waals surface area contributed by atoms with Crippen molar-refractivity contribution in [3.05, 3.63) is 36.9 Å². The molecular weight excluding hydrogens is 318 g/mol. The van der Waals surface area contributed by atoms with Crippen LogP contribution in [0.5, 0.6) is 5.75 Å². The molecule has 0 aliphatic carbocycles. The lowest BCUT2D eigenvalue weighted by Gasteiger charge is -2.16. The Morgan fingerprint density at radius 2 is 2.09 bits per heavy atom. The number of nitrogens with one attached hydrogen (secondary N) is 1. The summed E-state index contributed by atoms with van der Waals surface area (Å²) in [5.41, 5.74) is 0. The SMILES string of the molecule is C[C@@H](Cn1cncn1)NS(=O)(=O)c1ccccc1OC(F)F. The van der Waals surface area contributed by atoms with Crippen LogP contribution in [0.2, 0.25) is 0 Å². The second-order valence-electron chi connectivity index (χ2n) is 4.47. The van der Waals surface area contributed by atoms with Gasteiger partial charge in [0.05, 0.1) is 6.54 Å². The lowest BCUT2D eigenvalue weighted by atomic mass is 10.3. The molecule has 0 spiro atoms. The summed E-state index contributed by atoms with van der Waals surface area (Å²) in [5.74, 6) is -0.405. The minimum atomic E-state index is -4.01. The van der Waals surface area contributed by atoms with Crippen LogP contribution in [0.3, 0.4) is 0 Å². The summed E-state index contributed by atoms with van der Waals surface area (Å²) in [5, 5.41) is 3.86. The van der Waals surface area contributed by atoms with Crippen molar-refractivity contribution >= 4 is 10.0 Å². The first-order valence-electron chi connectivity index (χ1n) is 6.27. The number of aromatic nitrogens is 3. The van der Waals surface area contributed by atoms with Crippen molar-refractivity contribution < 1.29 is 21.9 Å². The molecule has 0 aliphatic heterocycles. The molecule has 2 rings (SSSR count). The first-order valence-corrected chi connectivity index (χ1v) is 7.75. The van der Waals surface area contributed by atoms with Gasteiger partial charge in [-0.25, -0.2) is 18.1 Å². The third-order valence-corrected chi connectivity index (χ3v) is 4.27. The highest BCUT2D eigenvalue weighted by Crippen LogP contribution is 2.25. The number of ether oxygens (including phenoxy) is 1. The molecule has 0 saturated heterocycles. The maximum Gasteiger partial charge on any atom is 0.387 e. The lowest BCUT2D eigenvalue weighted by molar-refractivity contribution is -0.0517. The first-order chi connectivity index (χ1) is 10.4. The normalized spacial score (nSPS) is 13.3. The molecular formula is C12H14F2N4O3S. The third kappa shape index (κ3) is 4.21. The zero-order valence-electron chi connectivity index (χ0n) is 11.6. The highest BCUT2D eigenvalue weighted by atomic mass is 32.2. The number of hydrogen-bond acceptors (Lipinski definition) is 5. The Bertz CT molecular complexity index is 707. The number of sulfonamides is 1. The van der Waals surface area contributed by atoms with E-state index in [1.165, 1.54) is 41.6 Å². The molecule has 0 amide bonds. The molecule has 0 saturated carbocycles. The minimum absolute atomic E-state index is 0.247. The van der Waals surface area contributed by atoms with Gasteiger partial charge in [-0.3, -0.25) is 4.68 Å². The number of benzene rings is 1. The van der Waals surface area contributed by atoms with Crippen molar-refractivity contribution in [2.45, 2.75) is 31.0 Å². The van der Waals surface area contributed by atoms with Crippen LogP contribution in [0.1, 0.15) is 6.92 Å². The fourth-order valence-corrected chi connectivity index (χ4v) is 3.21. The predicted molar refractivity (Wildman–Crippen MR) is 72.9 cm³/mol. The van der Waals surface area contributed by atoms with Crippen LogP contribution in [0.4, 0.5) is 8.78 Å². The molecule has 22 heavy (non-hydrogen) atoms. The van der Waals surface area contributed by atoms with E-state index in [-0.39, 0.29) is 11.4 Å². The van der Waals surface area contributed by atoms with E-state index in [2.05, 4.69) is 19.5 Å². The van der Waals surface area contributed by atoms with E-state index in [0.717, 1.165) is 0 Å². The predicted octanol–water partition coefficient (Wildman–Crippen LogP) is 1.25. The highest BCUT2D eigenvalue weighted by molar-refractivity contribution is 7.89. The van der Waals surface area contributed by atoms with E-state index >= 15 is 0 Å². The van der Waals surface area contributed by atoms with Gasteiger partial charge in [0.25, 0.3) is 0 Å². The van der Waals surface area contributed by atoms with Crippen LogP contribution in [-0.4, -0.2) is 35.8 Å². The van der Waals surface area contributed by atoms with Crippen molar-refractivity contribution in [3.63, 3.8) is 0 Å². The third-order valence-electron chi connectivity index (χ3n) is 2.64. The van der Waals surface area contributed by atoms with Gasteiger partial charge in [-0.05, 0) is 19.1 Å². The maximum absolute atomic E-state index is 12.3. The Morgan fingerprint density at radius 3 is 2.73 bits per heavy atom. The summed E-state index contributed by atoms with van der Waals surface area (Å²) < 4.78 is 57.4. The van der Waals surface area contributed by atoms with Crippen LogP contribution in [0, 0.1) is 0 Å². The van der Waals surface area contributed by atoms with Crippen LogP contribution in [0.25, 0.3) is 0 Å². The molecule has 1 heterocycles. The molecule has 1 aromatic carbocycles. The highest BCUT2D eigenvalue weighted by Gasteiger charge is 2.23. The smallest absolute Gasteiger partial charge is 0.387 e. The molecule has 0 unspecified atom stereocenters. The van der Waals surface area contributed by atoms with Gasteiger partial charge < -0.3 is 4.74 Å². The summed E-state index contributed by atoms with van der Waals surface area (Å²) in [7, 11) is -4.01. The Kier molecular flexibility index (Phi) is 5.03. The molecule has 0 radical (unpaired) electrons. The molecule has 1 aromatic heterocycles. The molecule has 10 heteroatoms. The molecule has 120 valence electrons. The topological polar surface area (TPSA) is 86.1 Å². The zero-order chi connectivity index (χ0) is 16.2. The summed E-state index contributed by atoms with van der Waals surface area (Å²) >= 11 is 0. The van der Waals surface area contributed by atoms with E-state index < -0.39 is 28.4 Å². The van der Waals surface area contributed by atoms with Crippen molar-refractivity contribution in [1.82, 2.24) is 19.5 Å². The summed E-state index contributed by atoms with van der Waals surface area (Å²) in [4.78, 5) is 3.40. The summed E-state index contributed by atoms with van der Waals surface area (Å²) in [6.45, 7) is -1.24. The van der Waals surface area contributed by atoms with Crippen LogP contribution < -0.4 is 9.46 Å². The van der Waals surface area contributed by atoms with E-state index in [1.54, 1.807) is 6.92 Å². The lowest BCUT2D eigenvalue weighted by Crippen LogP contribution is -2.36. The number of halogens is 2. The van der Waals surface area contributed by atoms with Crippen LogP contribution >= 0.6 is 0 Å². The number of nitrogens with zero attached hydrogens (tertiary/aromatic N) is 3. The summed E-state index contributed by atoms with van der Waals surface area (Å²) in [6, 6.07) is 4.68. The van der Waals surface area contributed by atoms with E-state index in [9.17, 15) is 17.2 Å². The number of hydrogen-bond donors (Lipinski definition) is 1. The Morgan fingerprint density at radius 1 is 1.36 bits per heavy atom. The molecule has 0 bridgehead atoms. The van der Waals surface area contributed by atoms with E-state index in [1.807, 2.05) is 0 Å². The van der Waals surface area contributed by atoms with Crippen molar-refractivity contribution in [2.24, 2.45) is 0 Å². The monoisotopic (exact) mass is 332 g/mol. The molecule has 1 N–H and O–H groups in total. The average molecular weight is 332 g/mol. The van der Waals surface area contributed by atoms with Gasteiger partial charge in [-0.1, -0.05) is 12.1 Å². The average Bonchev–Trinajstić information content (AvgIpc) is 2.90. The molecule has 0 fully saturated rings. The second kappa shape index (κ2) is 6.79. The number of para-hydroxylation sites is 1. The standard InChI is InChI=1S/C12H14F2N4O3S/c1-9(6-18-8-15-7-16-18)17-22(19,20)11-5-3-2-4-10(11)21-12(13)14/h2-5,7-9,12,17H,6H2,1H3/t9-/m0/s1. The molecule has 0 aliphatic rings. The van der Waals surface area contributed by atoms with Gasteiger partial charge in [0, 0.05) is 6.04 Å². The number of rotatable bonds is 7. The fourth-order valence-electron chi connectivity index (χ4n) is 1.84. The van der Waals surface area contributed by atoms with Crippen molar-refractivity contribution in [2.75, 3.05) is 0 Å². The fraction of sp³-hybridized carbons (Fsp3) is 0.333. The Labute approximate surface area is 126 Å². The maximum atomic E-state index is 12.3.